The van der Waals surface area contributed by atoms with Crippen LogP contribution in [0.25, 0.3) is 0 Å². The molecule has 11 nitrogen and oxygen atoms in total. The second kappa shape index (κ2) is 11.1. The van der Waals surface area contributed by atoms with Crippen LogP contribution in [0.4, 0.5) is 24.2 Å². The molecule has 1 unspecified atom stereocenters. The summed E-state index contributed by atoms with van der Waals surface area (Å²) in [4.78, 5) is 37.3. The Kier molecular flexibility index (Phi) is 7.74. The Hall–Kier alpha value is -3.29. The highest BCUT2D eigenvalue weighted by atomic mass is 35.5. The Morgan fingerprint density at radius 3 is 2.62 bits per heavy atom. The molecule has 2 N–H and O–H groups in total. The second-order valence-electron chi connectivity index (χ2n) is 9.69. The molecule has 14 heteroatoms. The van der Waals surface area contributed by atoms with Crippen LogP contribution >= 0.6 is 11.6 Å². The SMILES string of the molecule is C[C@@H](Nc1nc(Cl)nc2c1CN(C(=O)N1CCOCC1)C2)c1cccc(C(F)(F)C2COCCN2C(=O)O)c1. The lowest BCUT2D eigenvalue weighted by molar-refractivity contribution is -0.131. The number of alkyl halides is 2. The predicted octanol–water partition coefficient (Wildman–Crippen LogP) is 3.54. The number of urea groups is 1. The minimum absolute atomic E-state index is 0.00969. The first-order valence-corrected chi connectivity index (χ1v) is 13.0. The van der Waals surface area contributed by atoms with E-state index in [1.165, 1.54) is 18.2 Å². The van der Waals surface area contributed by atoms with Gasteiger partial charge >= 0.3 is 12.1 Å². The number of aromatic nitrogens is 2. The smallest absolute Gasteiger partial charge is 0.407 e. The van der Waals surface area contributed by atoms with E-state index in [0.29, 0.717) is 48.9 Å². The van der Waals surface area contributed by atoms with Crippen LogP contribution in [0.2, 0.25) is 5.28 Å². The summed E-state index contributed by atoms with van der Waals surface area (Å²) in [6.45, 7) is 3.90. The minimum atomic E-state index is -3.48. The van der Waals surface area contributed by atoms with Crippen molar-refractivity contribution in [2.24, 2.45) is 0 Å². The Morgan fingerprint density at radius 1 is 1.13 bits per heavy atom. The molecule has 3 amide bonds. The highest BCUT2D eigenvalue weighted by Gasteiger charge is 2.48. The fraction of sp³-hybridized carbons (Fsp3) is 0.520. The number of rotatable bonds is 5. The maximum atomic E-state index is 15.5. The molecule has 0 saturated carbocycles. The number of amides is 3. The maximum absolute atomic E-state index is 15.5. The minimum Gasteiger partial charge on any atom is -0.465 e. The number of carbonyl (C=O) groups is 2. The first kappa shape index (κ1) is 27.3. The number of benzene rings is 1. The lowest BCUT2D eigenvalue weighted by Gasteiger charge is -2.38. The number of anilines is 1. The first-order chi connectivity index (χ1) is 18.6. The number of carbonyl (C=O) groups excluding carboxylic acids is 1. The molecule has 2 saturated heterocycles. The highest BCUT2D eigenvalue weighted by Crippen LogP contribution is 2.38. The lowest BCUT2D eigenvalue weighted by atomic mass is 9.96. The molecule has 1 aromatic heterocycles. The number of hydrogen-bond acceptors (Lipinski definition) is 7. The summed E-state index contributed by atoms with van der Waals surface area (Å²) in [7, 11) is 0. The molecular formula is C25H29ClF2N6O5. The molecule has 4 heterocycles. The van der Waals surface area contributed by atoms with Crippen molar-refractivity contribution in [1.82, 2.24) is 24.7 Å². The zero-order valence-electron chi connectivity index (χ0n) is 21.3. The van der Waals surface area contributed by atoms with E-state index < -0.39 is 30.7 Å². The van der Waals surface area contributed by atoms with Gasteiger partial charge in [0.15, 0.2) is 0 Å². The van der Waals surface area contributed by atoms with E-state index >= 15 is 8.78 Å². The van der Waals surface area contributed by atoms with E-state index in [2.05, 4.69) is 15.3 Å². The van der Waals surface area contributed by atoms with Crippen LogP contribution in [0.1, 0.15) is 35.3 Å². The topological polar surface area (TPSA) is 120 Å². The van der Waals surface area contributed by atoms with Crippen molar-refractivity contribution in [2.75, 3.05) is 51.4 Å². The molecule has 2 atom stereocenters. The van der Waals surface area contributed by atoms with Gasteiger partial charge in [0.2, 0.25) is 5.28 Å². The Labute approximate surface area is 228 Å². The standard InChI is InChI=1S/C25H29ClF2N6O5/c1-15(16-3-2-4-17(11-16)25(27,28)20-14-39-10-7-34(20)24(36)37)29-21-18-12-33(13-19(18)30-22(26)31-21)23(35)32-5-8-38-9-6-32/h2-4,11,15,20H,5-10,12-14H2,1H3,(H,36,37)(H,29,30,31)/t15-,20?/m1/s1. The monoisotopic (exact) mass is 566 g/mol. The van der Waals surface area contributed by atoms with Crippen molar-refractivity contribution in [3.8, 4) is 0 Å². The molecular weight excluding hydrogens is 538 g/mol. The van der Waals surface area contributed by atoms with Crippen LogP contribution in [0.15, 0.2) is 24.3 Å². The third kappa shape index (κ3) is 5.56. The molecule has 2 aromatic rings. The third-order valence-electron chi connectivity index (χ3n) is 7.22. The van der Waals surface area contributed by atoms with Gasteiger partial charge in [0.05, 0.1) is 45.2 Å². The number of carboxylic acid groups (broad SMARTS) is 1. The molecule has 39 heavy (non-hydrogen) atoms. The second-order valence-corrected chi connectivity index (χ2v) is 10.0. The van der Waals surface area contributed by atoms with Crippen molar-refractivity contribution in [3.63, 3.8) is 0 Å². The van der Waals surface area contributed by atoms with Gasteiger partial charge in [0.25, 0.3) is 5.92 Å². The van der Waals surface area contributed by atoms with Crippen LogP contribution in [0.3, 0.4) is 0 Å². The van der Waals surface area contributed by atoms with Crippen molar-refractivity contribution in [1.29, 1.82) is 0 Å². The molecule has 1 aromatic carbocycles. The van der Waals surface area contributed by atoms with Crippen LogP contribution in [-0.4, -0.2) is 94.0 Å². The molecule has 210 valence electrons. The largest absolute Gasteiger partial charge is 0.465 e. The summed E-state index contributed by atoms with van der Waals surface area (Å²) < 4.78 is 41.6. The Bertz CT molecular complexity index is 1250. The normalized spacial score (nSPS) is 20.5. The van der Waals surface area contributed by atoms with Crippen molar-refractivity contribution >= 4 is 29.5 Å². The van der Waals surface area contributed by atoms with Crippen LogP contribution in [0, 0.1) is 0 Å². The number of hydrogen-bond donors (Lipinski definition) is 2. The average molecular weight is 567 g/mol. The number of halogens is 3. The molecule has 0 radical (unpaired) electrons. The molecule has 0 spiro atoms. The number of nitrogens with zero attached hydrogens (tertiary/aromatic N) is 5. The number of ether oxygens (including phenoxy) is 2. The summed E-state index contributed by atoms with van der Waals surface area (Å²) in [6, 6.07) is 3.60. The molecule has 5 rings (SSSR count). The molecule has 3 aliphatic heterocycles. The van der Waals surface area contributed by atoms with Crippen molar-refractivity contribution < 1.29 is 33.0 Å². The predicted molar refractivity (Wildman–Crippen MR) is 136 cm³/mol. The quantitative estimate of drug-likeness (QED) is 0.527. The molecule has 0 bridgehead atoms. The van der Waals surface area contributed by atoms with Crippen LogP contribution in [0.5, 0.6) is 0 Å². The van der Waals surface area contributed by atoms with Gasteiger partial charge in [-0.1, -0.05) is 18.2 Å². The molecule has 3 aliphatic rings. The fourth-order valence-electron chi connectivity index (χ4n) is 5.06. The molecule has 2 fully saturated rings. The van der Waals surface area contributed by atoms with E-state index in [0.717, 1.165) is 4.90 Å². The lowest BCUT2D eigenvalue weighted by Crippen LogP contribution is -2.55. The van der Waals surface area contributed by atoms with Gasteiger partial charge < -0.3 is 29.7 Å². The Morgan fingerprint density at radius 2 is 1.87 bits per heavy atom. The summed E-state index contributed by atoms with van der Waals surface area (Å²) >= 11 is 6.19. The van der Waals surface area contributed by atoms with Gasteiger partial charge in [-0.3, -0.25) is 4.90 Å². The first-order valence-electron chi connectivity index (χ1n) is 12.6. The summed E-state index contributed by atoms with van der Waals surface area (Å²) in [6.07, 6.45) is -1.41. The summed E-state index contributed by atoms with van der Waals surface area (Å²) in [5.74, 6) is -3.06. The van der Waals surface area contributed by atoms with E-state index in [-0.39, 0.29) is 43.1 Å². The van der Waals surface area contributed by atoms with Gasteiger partial charge in [-0.25, -0.2) is 19.6 Å². The van der Waals surface area contributed by atoms with Crippen LogP contribution in [-0.2, 0) is 28.5 Å². The zero-order valence-corrected chi connectivity index (χ0v) is 22.0. The van der Waals surface area contributed by atoms with Gasteiger partial charge in [0, 0.05) is 36.8 Å². The van der Waals surface area contributed by atoms with Gasteiger partial charge in [-0.05, 0) is 30.2 Å². The van der Waals surface area contributed by atoms with E-state index in [9.17, 15) is 14.7 Å². The van der Waals surface area contributed by atoms with Crippen LogP contribution < -0.4 is 5.32 Å². The number of fused-ring (bicyclic) bond motifs is 1. The van der Waals surface area contributed by atoms with E-state index in [4.69, 9.17) is 21.1 Å². The van der Waals surface area contributed by atoms with Gasteiger partial charge in [-0.2, -0.15) is 8.78 Å². The summed E-state index contributed by atoms with van der Waals surface area (Å²) in [5, 5.41) is 12.7. The highest BCUT2D eigenvalue weighted by molar-refractivity contribution is 6.28. The van der Waals surface area contributed by atoms with Gasteiger partial charge in [0.1, 0.15) is 11.9 Å². The Balaban J connectivity index is 1.34. The van der Waals surface area contributed by atoms with E-state index in [1.54, 1.807) is 22.8 Å². The number of nitrogens with one attached hydrogen (secondary N) is 1. The maximum Gasteiger partial charge on any atom is 0.407 e. The van der Waals surface area contributed by atoms with Crippen molar-refractivity contribution in [3.05, 3.63) is 51.9 Å². The van der Waals surface area contributed by atoms with Crippen molar-refractivity contribution in [2.45, 2.75) is 38.0 Å². The van der Waals surface area contributed by atoms with E-state index in [1.807, 2.05) is 0 Å². The zero-order chi connectivity index (χ0) is 27.7. The number of morpholine rings is 2. The molecule has 0 aliphatic carbocycles. The average Bonchev–Trinajstić information content (AvgIpc) is 3.37. The summed E-state index contributed by atoms with van der Waals surface area (Å²) in [5.41, 5.74) is 1.56. The fourth-order valence-corrected chi connectivity index (χ4v) is 5.25. The van der Waals surface area contributed by atoms with Gasteiger partial charge in [-0.15, -0.1) is 0 Å². The third-order valence-corrected chi connectivity index (χ3v) is 7.39.